The second-order valence-corrected chi connectivity index (χ2v) is 6.75. The summed E-state index contributed by atoms with van der Waals surface area (Å²) >= 11 is 0. The van der Waals surface area contributed by atoms with Gasteiger partial charge >= 0.3 is 0 Å². The summed E-state index contributed by atoms with van der Waals surface area (Å²) in [5, 5.41) is 0. The predicted molar refractivity (Wildman–Crippen MR) is 104 cm³/mol. The number of nitrogens with one attached hydrogen (secondary N) is 1. The van der Waals surface area contributed by atoms with Gasteiger partial charge in [0, 0.05) is 12.1 Å². The number of nitrogens with zero attached hydrogens (tertiary/aromatic N) is 1. The number of methoxy groups -OCH3 is 3. The quantitative estimate of drug-likeness (QED) is 0.801. The number of rotatable bonds is 7. The lowest BCUT2D eigenvalue weighted by molar-refractivity contribution is -0.900. The first-order chi connectivity index (χ1) is 13.1. The maximum absolute atomic E-state index is 13.4. The first-order valence-electron chi connectivity index (χ1n) is 9.27. The third-order valence-electron chi connectivity index (χ3n) is 5.14. The van der Waals surface area contributed by atoms with Crippen LogP contribution in [-0.2, 0) is 6.42 Å². The van der Waals surface area contributed by atoms with Crippen LogP contribution in [0.3, 0.4) is 0 Å². The van der Waals surface area contributed by atoms with Crippen molar-refractivity contribution >= 4 is 5.69 Å². The van der Waals surface area contributed by atoms with E-state index in [0.29, 0.717) is 17.2 Å². The lowest BCUT2D eigenvalue weighted by atomic mass is 10.1. The van der Waals surface area contributed by atoms with Crippen molar-refractivity contribution in [3.05, 3.63) is 47.8 Å². The van der Waals surface area contributed by atoms with Crippen LogP contribution in [0.2, 0.25) is 0 Å². The van der Waals surface area contributed by atoms with E-state index in [9.17, 15) is 4.39 Å². The molecule has 2 aromatic carbocycles. The smallest absolute Gasteiger partial charge is 0.203 e. The van der Waals surface area contributed by atoms with E-state index in [1.807, 2.05) is 18.2 Å². The lowest BCUT2D eigenvalue weighted by Crippen LogP contribution is -3.15. The van der Waals surface area contributed by atoms with E-state index in [1.54, 1.807) is 38.4 Å². The second kappa shape index (κ2) is 8.95. The average molecular weight is 375 g/mol. The van der Waals surface area contributed by atoms with Crippen molar-refractivity contribution in [2.24, 2.45) is 0 Å². The highest BCUT2D eigenvalue weighted by molar-refractivity contribution is 5.53. The van der Waals surface area contributed by atoms with Crippen LogP contribution in [0.5, 0.6) is 17.2 Å². The second-order valence-electron chi connectivity index (χ2n) is 6.75. The van der Waals surface area contributed by atoms with Crippen LogP contribution in [0.4, 0.5) is 10.1 Å². The van der Waals surface area contributed by atoms with Crippen molar-refractivity contribution in [3.8, 4) is 17.2 Å². The molecule has 3 rings (SSSR count). The summed E-state index contributed by atoms with van der Waals surface area (Å²) in [5.41, 5.74) is 2.14. The Bertz CT molecular complexity index is 736. The summed E-state index contributed by atoms with van der Waals surface area (Å²) in [7, 11) is 4.89. The van der Waals surface area contributed by atoms with Gasteiger partial charge in [-0.05, 0) is 35.9 Å². The Kier molecular flexibility index (Phi) is 6.40. The van der Waals surface area contributed by atoms with Crippen molar-refractivity contribution < 1.29 is 23.5 Å². The maximum Gasteiger partial charge on any atom is 0.203 e. The summed E-state index contributed by atoms with van der Waals surface area (Å²) in [6, 6.07) is 10.9. The maximum atomic E-state index is 13.4. The Hall–Kier alpha value is -2.47. The molecule has 0 bridgehead atoms. The Labute approximate surface area is 160 Å². The minimum Gasteiger partial charge on any atom is -0.493 e. The highest BCUT2D eigenvalue weighted by Crippen LogP contribution is 2.38. The minimum absolute atomic E-state index is 0.176. The molecule has 0 aliphatic carbocycles. The van der Waals surface area contributed by atoms with E-state index in [4.69, 9.17) is 14.2 Å². The zero-order valence-electron chi connectivity index (χ0n) is 16.3. The Balaban J connectivity index is 1.57. The van der Waals surface area contributed by atoms with Gasteiger partial charge in [0.05, 0.1) is 54.1 Å². The summed E-state index contributed by atoms with van der Waals surface area (Å²) in [6.45, 7) is 5.00. The molecule has 0 radical (unpaired) electrons. The Morgan fingerprint density at radius 1 is 0.963 bits per heavy atom. The molecule has 0 unspecified atom stereocenters. The number of quaternary nitrogens is 1. The molecular weight excluding hydrogens is 347 g/mol. The van der Waals surface area contributed by atoms with Crippen LogP contribution in [0.15, 0.2) is 36.4 Å². The fraction of sp³-hybridized carbons (Fsp3) is 0.429. The molecule has 146 valence electrons. The summed E-state index contributed by atoms with van der Waals surface area (Å²) in [5.74, 6) is 1.83. The van der Waals surface area contributed by atoms with Gasteiger partial charge < -0.3 is 24.0 Å². The number of piperazine rings is 1. The molecule has 6 heteroatoms. The molecule has 0 aromatic heterocycles. The fourth-order valence-electron chi connectivity index (χ4n) is 3.60. The molecule has 0 amide bonds. The lowest BCUT2D eigenvalue weighted by Gasteiger charge is -2.33. The van der Waals surface area contributed by atoms with Gasteiger partial charge in [0.2, 0.25) is 5.75 Å². The molecule has 1 aliphatic rings. The van der Waals surface area contributed by atoms with Gasteiger partial charge in [-0.1, -0.05) is 6.07 Å². The van der Waals surface area contributed by atoms with Crippen LogP contribution in [-0.4, -0.2) is 54.1 Å². The minimum atomic E-state index is -0.176. The van der Waals surface area contributed by atoms with Crippen LogP contribution >= 0.6 is 0 Å². The fourth-order valence-corrected chi connectivity index (χ4v) is 3.60. The normalized spacial score (nSPS) is 14.9. The molecule has 1 saturated heterocycles. The number of benzene rings is 2. The molecule has 1 aliphatic heterocycles. The van der Waals surface area contributed by atoms with Gasteiger partial charge in [-0.25, -0.2) is 4.39 Å². The van der Waals surface area contributed by atoms with Gasteiger partial charge in [0.15, 0.2) is 11.5 Å². The molecule has 27 heavy (non-hydrogen) atoms. The first-order valence-corrected chi connectivity index (χ1v) is 9.27. The van der Waals surface area contributed by atoms with Crippen LogP contribution < -0.4 is 24.0 Å². The van der Waals surface area contributed by atoms with Gasteiger partial charge in [-0.2, -0.15) is 0 Å². The van der Waals surface area contributed by atoms with E-state index in [2.05, 4.69) is 4.90 Å². The predicted octanol–water partition coefficient (Wildman–Crippen LogP) is 1.80. The zero-order chi connectivity index (χ0) is 19.2. The van der Waals surface area contributed by atoms with Crippen molar-refractivity contribution in [1.29, 1.82) is 0 Å². The first kappa shape index (κ1) is 19.3. The van der Waals surface area contributed by atoms with Crippen molar-refractivity contribution in [2.75, 3.05) is 59.0 Å². The van der Waals surface area contributed by atoms with Crippen LogP contribution in [0.25, 0.3) is 0 Å². The van der Waals surface area contributed by atoms with Crippen molar-refractivity contribution in [1.82, 2.24) is 0 Å². The monoisotopic (exact) mass is 375 g/mol. The van der Waals surface area contributed by atoms with Gasteiger partial charge in [-0.15, -0.1) is 0 Å². The molecule has 0 spiro atoms. The van der Waals surface area contributed by atoms with Crippen LogP contribution in [0, 0.1) is 5.82 Å². The van der Waals surface area contributed by atoms with Gasteiger partial charge in [0.1, 0.15) is 5.82 Å². The SMILES string of the molecule is COc1cc(CC[NH+]2CCN(c3cccc(F)c3)CC2)cc(OC)c1OC. The molecule has 1 fully saturated rings. The molecular formula is C21H28FN2O3+. The Morgan fingerprint density at radius 2 is 1.63 bits per heavy atom. The molecule has 0 saturated carbocycles. The van der Waals surface area contributed by atoms with E-state index in [0.717, 1.165) is 44.8 Å². The number of ether oxygens (including phenoxy) is 3. The third-order valence-corrected chi connectivity index (χ3v) is 5.14. The summed E-state index contributed by atoms with van der Waals surface area (Å²) in [6.07, 6.45) is 0.937. The third kappa shape index (κ3) is 4.63. The van der Waals surface area contributed by atoms with E-state index in [1.165, 1.54) is 11.6 Å². The number of halogens is 1. The van der Waals surface area contributed by atoms with Crippen molar-refractivity contribution in [3.63, 3.8) is 0 Å². The molecule has 2 aromatic rings. The summed E-state index contributed by atoms with van der Waals surface area (Å²) in [4.78, 5) is 3.81. The molecule has 5 nitrogen and oxygen atoms in total. The number of hydrogen-bond donors (Lipinski definition) is 1. The van der Waals surface area contributed by atoms with Gasteiger partial charge in [-0.3, -0.25) is 0 Å². The standard InChI is InChI=1S/C21H27FN2O3/c1-25-19-13-16(14-20(26-2)21(19)27-3)7-8-23-9-11-24(12-10-23)18-6-4-5-17(22)15-18/h4-6,13-15H,7-12H2,1-3H3/p+1. The highest BCUT2D eigenvalue weighted by atomic mass is 19.1. The molecule has 1 N–H and O–H groups in total. The largest absolute Gasteiger partial charge is 0.493 e. The average Bonchev–Trinajstić information content (AvgIpc) is 2.71. The number of anilines is 1. The van der Waals surface area contributed by atoms with E-state index in [-0.39, 0.29) is 5.82 Å². The topological polar surface area (TPSA) is 35.4 Å². The van der Waals surface area contributed by atoms with Crippen LogP contribution in [0.1, 0.15) is 5.56 Å². The zero-order valence-corrected chi connectivity index (χ0v) is 16.3. The van der Waals surface area contributed by atoms with Crippen molar-refractivity contribution in [2.45, 2.75) is 6.42 Å². The van der Waals surface area contributed by atoms with E-state index < -0.39 is 0 Å². The highest BCUT2D eigenvalue weighted by Gasteiger charge is 2.21. The summed E-state index contributed by atoms with van der Waals surface area (Å²) < 4.78 is 29.7. The van der Waals surface area contributed by atoms with E-state index >= 15 is 0 Å². The molecule has 1 heterocycles. The van der Waals surface area contributed by atoms with Gasteiger partial charge in [0.25, 0.3) is 0 Å². The molecule has 0 atom stereocenters. The number of hydrogen-bond acceptors (Lipinski definition) is 4. The Morgan fingerprint density at radius 3 is 2.19 bits per heavy atom.